The molecular weight excluding hydrogens is 459 g/mol. The summed E-state index contributed by atoms with van der Waals surface area (Å²) in [6, 6.07) is 16.4. The number of ether oxygens (including phenoxy) is 1. The van der Waals surface area contributed by atoms with Crippen molar-refractivity contribution in [2.75, 3.05) is 12.0 Å². The summed E-state index contributed by atoms with van der Waals surface area (Å²) in [5.74, 6) is -0.860. The van der Waals surface area contributed by atoms with Crippen LogP contribution in [0.25, 0.3) is 11.8 Å². The molecule has 0 atom stereocenters. The maximum Gasteiger partial charge on any atom is 0.340 e. The van der Waals surface area contributed by atoms with E-state index < -0.39 is 5.97 Å². The average Bonchev–Trinajstić information content (AvgIpc) is 3.21. The molecule has 0 fully saturated rings. The van der Waals surface area contributed by atoms with E-state index in [0.29, 0.717) is 21.4 Å². The summed E-state index contributed by atoms with van der Waals surface area (Å²) < 4.78 is 7.09. The number of nitrogens with zero attached hydrogens (tertiary/aromatic N) is 2. The molecule has 0 bridgehead atoms. The fourth-order valence-electron chi connectivity index (χ4n) is 4.16. The summed E-state index contributed by atoms with van der Waals surface area (Å²) in [6.07, 6.45) is 1.75. The third-order valence-corrected chi connectivity index (χ3v) is 6.23. The predicted molar refractivity (Wildman–Crippen MR) is 132 cm³/mol. The van der Waals surface area contributed by atoms with Crippen LogP contribution in [-0.4, -0.2) is 23.6 Å². The van der Waals surface area contributed by atoms with E-state index in [0.717, 1.165) is 22.6 Å². The summed E-state index contributed by atoms with van der Waals surface area (Å²) in [5, 5.41) is 1.22. The van der Waals surface area contributed by atoms with E-state index in [-0.39, 0.29) is 17.1 Å². The van der Waals surface area contributed by atoms with E-state index in [1.165, 1.54) is 12.0 Å². The molecule has 0 radical (unpaired) electrons. The van der Waals surface area contributed by atoms with Crippen molar-refractivity contribution >= 4 is 46.8 Å². The number of rotatable bonds is 4. The second-order valence-corrected chi connectivity index (χ2v) is 8.64. The van der Waals surface area contributed by atoms with Crippen LogP contribution in [0.15, 0.2) is 71.4 Å². The lowest BCUT2D eigenvalue weighted by Crippen LogP contribution is -2.24. The van der Waals surface area contributed by atoms with Crippen LogP contribution < -0.4 is 4.90 Å². The van der Waals surface area contributed by atoms with E-state index in [1.807, 2.05) is 44.2 Å². The maximum atomic E-state index is 13.5. The molecule has 0 spiro atoms. The fourth-order valence-corrected chi connectivity index (χ4v) is 4.41. The highest BCUT2D eigenvalue weighted by atomic mass is 35.5. The standard InChI is InChI=1S/C26H22Cl2N2O3/c1-15-13-18(16(2)29(15)21-9-5-19(27)6-10-21)14-23-24(26(32)33-4)17(3)30(25(23)31)22-11-7-20(28)8-12-22/h5-14H,1-4H3/b23-14-. The van der Waals surface area contributed by atoms with E-state index in [9.17, 15) is 9.59 Å². The van der Waals surface area contributed by atoms with Crippen molar-refractivity contribution in [2.24, 2.45) is 0 Å². The lowest BCUT2D eigenvalue weighted by atomic mass is 10.0. The summed E-state index contributed by atoms with van der Waals surface area (Å²) in [6.45, 7) is 5.69. The molecule has 1 aliphatic heterocycles. The highest BCUT2D eigenvalue weighted by molar-refractivity contribution is 6.31. The summed E-state index contributed by atoms with van der Waals surface area (Å²) >= 11 is 12.1. The molecule has 7 heteroatoms. The lowest BCUT2D eigenvalue weighted by molar-refractivity contribution is -0.136. The zero-order chi connectivity index (χ0) is 23.9. The normalized spacial score (nSPS) is 15.0. The van der Waals surface area contributed by atoms with Gasteiger partial charge in [-0.05, 0) is 87.0 Å². The van der Waals surface area contributed by atoms with Gasteiger partial charge in [0.1, 0.15) is 0 Å². The van der Waals surface area contributed by atoms with E-state index >= 15 is 0 Å². The number of hydrogen-bond acceptors (Lipinski definition) is 3. The van der Waals surface area contributed by atoms with Gasteiger partial charge in [0.15, 0.2) is 0 Å². The summed E-state index contributed by atoms with van der Waals surface area (Å²) in [7, 11) is 1.31. The molecule has 2 aromatic carbocycles. The number of carbonyl (C=O) groups is 2. The molecule has 0 N–H and O–H groups in total. The molecule has 1 aliphatic rings. The first-order valence-electron chi connectivity index (χ1n) is 10.3. The second-order valence-electron chi connectivity index (χ2n) is 7.77. The third kappa shape index (κ3) is 4.10. The van der Waals surface area contributed by atoms with Crippen molar-refractivity contribution in [3.8, 4) is 5.69 Å². The second kappa shape index (κ2) is 8.93. The highest BCUT2D eigenvalue weighted by Crippen LogP contribution is 2.36. The molecule has 168 valence electrons. The Morgan fingerprint density at radius 2 is 1.45 bits per heavy atom. The Kier molecular flexibility index (Phi) is 6.19. The van der Waals surface area contributed by atoms with E-state index in [1.54, 1.807) is 37.3 Å². The van der Waals surface area contributed by atoms with Gasteiger partial charge in [-0.1, -0.05) is 23.2 Å². The van der Waals surface area contributed by atoms with Gasteiger partial charge in [0, 0.05) is 38.5 Å². The van der Waals surface area contributed by atoms with Crippen molar-refractivity contribution < 1.29 is 14.3 Å². The molecule has 1 amide bonds. The van der Waals surface area contributed by atoms with Crippen molar-refractivity contribution in [1.82, 2.24) is 4.57 Å². The Balaban J connectivity index is 1.84. The van der Waals surface area contributed by atoms with Crippen LogP contribution >= 0.6 is 23.2 Å². The first-order valence-corrected chi connectivity index (χ1v) is 11.0. The molecule has 5 nitrogen and oxygen atoms in total. The number of aryl methyl sites for hydroxylation is 1. The predicted octanol–water partition coefficient (Wildman–Crippen LogP) is 6.28. The first-order chi connectivity index (χ1) is 15.7. The van der Waals surface area contributed by atoms with Gasteiger partial charge >= 0.3 is 5.97 Å². The van der Waals surface area contributed by atoms with Crippen LogP contribution in [0.1, 0.15) is 23.9 Å². The molecular formula is C26H22Cl2N2O3. The lowest BCUT2D eigenvalue weighted by Gasteiger charge is -2.17. The quantitative estimate of drug-likeness (QED) is 0.326. The number of benzene rings is 2. The van der Waals surface area contributed by atoms with Crippen LogP contribution in [0.2, 0.25) is 10.0 Å². The van der Waals surface area contributed by atoms with Gasteiger partial charge in [-0.15, -0.1) is 0 Å². The van der Waals surface area contributed by atoms with Crippen molar-refractivity contribution in [1.29, 1.82) is 0 Å². The Morgan fingerprint density at radius 1 is 0.909 bits per heavy atom. The van der Waals surface area contributed by atoms with E-state index in [2.05, 4.69) is 4.57 Å². The van der Waals surface area contributed by atoms with Crippen LogP contribution in [0.4, 0.5) is 5.69 Å². The van der Waals surface area contributed by atoms with Crippen LogP contribution in [0.3, 0.4) is 0 Å². The number of allylic oxidation sites excluding steroid dienone is 1. The largest absolute Gasteiger partial charge is 0.465 e. The molecule has 3 aromatic rings. The minimum Gasteiger partial charge on any atom is -0.465 e. The van der Waals surface area contributed by atoms with Crippen LogP contribution in [-0.2, 0) is 14.3 Å². The Bertz CT molecular complexity index is 1320. The number of anilines is 1. The van der Waals surface area contributed by atoms with Crippen molar-refractivity contribution in [3.05, 3.63) is 98.4 Å². The minimum absolute atomic E-state index is 0.244. The Hall–Kier alpha value is -3.28. The molecule has 0 saturated heterocycles. The summed E-state index contributed by atoms with van der Waals surface area (Å²) in [5.41, 5.74) is 5.37. The number of halogens is 2. The van der Waals surface area contributed by atoms with Crippen LogP contribution in [0, 0.1) is 13.8 Å². The van der Waals surface area contributed by atoms with E-state index in [4.69, 9.17) is 27.9 Å². The number of aromatic nitrogens is 1. The average molecular weight is 481 g/mol. The van der Waals surface area contributed by atoms with Gasteiger partial charge in [-0.25, -0.2) is 4.79 Å². The van der Waals surface area contributed by atoms with Crippen LogP contribution in [0.5, 0.6) is 0 Å². The maximum absolute atomic E-state index is 13.5. The molecule has 33 heavy (non-hydrogen) atoms. The van der Waals surface area contributed by atoms with Gasteiger partial charge in [-0.3, -0.25) is 9.69 Å². The molecule has 0 aliphatic carbocycles. The molecule has 2 heterocycles. The first kappa shape index (κ1) is 22.9. The third-order valence-electron chi connectivity index (χ3n) is 5.73. The number of hydrogen-bond donors (Lipinski definition) is 0. The molecule has 0 saturated carbocycles. The molecule has 4 rings (SSSR count). The van der Waals surface area contributed by atoms with Crippen molar-refractivity contribution in [2.45, 2.75) is 20.8 Å². The number of amides is 1. The zero-order valence-corrected chi connectivity index (χ0v) is 20.2. The van der Waals surface area contributed by atoms with Crippen molar-refractivity contribution in [3.63, 3.8) is 0 Å². The smallest absolute Gasteiger partial charge is 0.340 e. The number of esters is 1. The molecule has 0 unspecified atom stereocenters. The fraction of sp³-hybridized carbons (Fsp3) is 0.154. The minimum atomic E-state index is -0.560. The van der Waals surface area contributed by atoms with Gasteiger partial charge in [-0.2, -0.15) is 0 Å². The van der Waals surface area contributed by atoms with Gasteiger partial charge in [0.2, 0.25) is 0 Å². The Labute approximate surface area is 202 Å². The van der Waals surface area contributed by atoms with Gasteiger partial charge in [0.05, 0.1) is 18.3 Å². The molecule has 1 aromatic heterocycles. The summed E-state index contributed by atoms with van der Waals surface area (Å²) in [4.78, 5) is 27.7. The Morgan fingerprint density at radius 3 is 2.00 bits per heavy atom. The topological polar surface area (TPSA) is 51.5 Å². The number of methoxy groups -OCH3 is 1. The zero-order valence-electron chi connectivity index (χ0n) is 18.6. The van der Waals surface area contributed by atoms with Gasteiger partial charge < -0.3 is 9.30 Å². The highest BCUT2D eigenvalue weighted by Gasteiger charge is 2.38. The SMILES string of the molecule is COC(=O)C1=C(C)N(c2ccc(Cl)cc2)C(=O)/C1=C\c1cc(C)n(-c2ccc(Cl)cc2)c1C. The monoisotopic (exact) mass is 480 g/mol. The van der Waals surface area contributed by atoms with Gasteiger partial charge in [0.25, 0.3) is 5.91 Å². The number of carbonyl (C=O) groups excluding carboxylic acids is 2.